The summed E-state index contributed by atoms with van der Waals surface area (Å²) in [5, 5.41) is 0. The predicted octanol–water partition coefficient (Wildman–Crippen LogP) is 4.29. The number of fused-ring (bicyclic) bond motifs is 2. The predicted molar refractivity (Wildman–Crippen MR) is 82.8 cm³/mol. The molecule has 0 aliphatic heterocycles. The van der Waals surface area contributed by atoms with Crippen molar-refractivity contribution in [1.29, 1.82) is 0 Å². The Morgan fingerprint density at radius 1 is 0.750 bits per heavy atom. The lowest BCUT2D eigenvalue weighted by molar-refractivity contribution is 0.173. The average molecular weight is 263 g/mol. The molecule has 0 aromatic heterocycles. The number of hydrogen-bond acceptors (Lipinski definition) is 1. The molecule has 0 radical (unpaired) electrons. The largest absolute Gasteiger partial charge is 0.292 e. The summed E-state index contributed by atoms with van der Waals surface area (Å²) in [6, 6.07) is 19.2. The van der Waals surface area contributed by atoms with E-state index in [4.69, 9.17) is 0 Å². The average Bonchev–Trinajstić information content (AvgIpc) is 3.11. The molecule has 1 heteroatoms. The third-order valence-electron chi connectivity index (χ3n) is 5.19. The van der Waals surface area contributed by atoms with Gasteiger partial charge in [0.25, 0.3) is 0 Å². The van der Waals surface area contributed by atoms with Gasteiger partial charge >= 0.3 is 0 Å². The van der Waals surface area contributed by atoms with Crippen molar-refractivity contribution in [3.05, 3.63) is 70.8 Å². The summed E-state index contributed by atoms with van der Waals surface area (Å²) in [5.74, 6) is 0. The minimum absolute atomic E-state index is 0.599. The molecule has 4 rings (SSSR count). The summed E-state index contributed by atoms with van der Waals surface area (Å²) < 4.78 is 0. The molecule has 2 aromatic carbocycles. The summed E-state index contributed by atoms with van der Waals surface area (Å²) in [4.78, 5) is 2.62. The number of hydrogen-bond donors (Lipinski definition) is 0. The van der Waals surface area contributed by atoms with Crippen LogP contribution in [0.15, 0.2) is 48.5 Å². The Hall–Kier alpha value is -1.60. The van der Waals surface area contributed by atoms with Gasteiger partial charge in [-0.2, -0.15) is 0 Å². The Balaban J connectivity index is 1.65. The molecule has 2 aliphatic rings. The molecule has 2 aliphatic carbocycles. The fourth-order valence-electron chi connectivity index (χ4n) is 4.13. The third kappa shape index (κ3) is 1.81. The van der Waals surface area contributed by atoms with Crippen molar-refractivity contribution in [2.45, 2.75) is 37.8 Å². The zero-order chi connectivity index (χ0) is 13.5. The molecule has 102 valence electrons. The maximum Gasteiger partial charge on any atom is 0.0357 e. The van der Waals surface area contributed by atoms with Gasteiger partial charge in [0, 0.05) is 12.1 Å². The lowest BCUT2D eigenvalue weighted by atomic mass is 10.0. The summed E-state index contributed by atoms with van der Waals surface area (Å²) >= 11 is 0. The standard InChI is InChI=1S/C19H21N/c1-20(18-12-10-14-6-2-4-8-16(14)18)19-13-11-15-7-3-5-9-17(15)19/h2-9,18-19H,10-13H2,1H3. The van der Waals surface area contributed by atoms with Crippen LogP contribution in [0.4, 0.5) is 0 Å². The molecule has 0 saturated carbocycles. The van der Waals surface area contributed by atoms with Crippen molar-refractivity contribution in [3.63, 3.8) is 0 Å². The first-order valence-corrected chi connectivity index (χ1v) is 7.72. The molecule has 1 nitrogen and oxygen atoms in total. The van der Waals surface area contributed by atoms with Crippen molar-refractivity contribution in [2.75, 3.05) is 7.05 Å². The second kappa shape index (κ2) is 4.75. The Morgan fingerprint density at radius 2 is 1.20 bits per heavy atom. The Morgan fingerprint density at radius 3 is 1.70 bits per heavy atom. The van der Waals surface area contributed by atoms with Gasteiger partial charge in [0.2, 0.25) is 0 Å². The van der Waals surface area contributed by atoms with Gasteiger partial charge in [-0.1, -0.05) is 48.5 Å². The van der Waals surface area contributed by atoms with Gasteiger partial charge in [-0.3, -0.25) is 4.90 Å². The van der Waals surface area contributed by atoms with E-state index in [1.807, 2.05) is 0 Å². The highest BCUT2D eigenvalue weighted by Crippen LogP contribution is 2.43. The van der Waals surface area contributed by atoms with Crippen molar-refractivity contribution in [1.82, 2.24) is 4.90 Å². The van der Waals surface area contributed by atoms with Gasteiger partial charge in [-0.05, 0) is 55.0 Å². The number of rotatable bonds is 2. The fourth-order valence-corrected chi connectivity index (χ4v) is 4.13. The van der Waals surface area contributed by atoms with Crippen LogP contribution < -0.4 is 0 Å². The Bertz CT molecular complexity index is 576. The zero-order valence-corrected chi connectivity index (χ0v) is 12.0. The van der Waals surface area contributed by atoms with Gasteiger partial charge in [0.1, 0.15) is 0 Å². The van der Waals surface area contributed by atoms with Crippen molar-refractivity contribution >= 4 is 0 Å². The normalized spacial score (nSPS) is 23.9. The molecule has 0 heterocycles. The second-order valence-corrected chi connectivity index (χ2v) is 6.17. The van der Waals surface area contributed by atoms with Crippen LogP contribution in [0.5, 0.6) is 0 Å². The molecule has 2 unspecified atom stereocenters. The van der Waals surface area contributed by atoms with E-state index in [9.17, 15) is 0 Å². The Kier molecular flexibility index (Phi) is 2.89. The minimum atomic E-state index is 0.599. The maximum atomic E-state index is 2.62. The van der Waals surface area contributed by atoms with Gasteiger partial charge in [-0.25, -0.2) is 0 Å². The number of benzene rings is 2. The SMILES string of the molecule is CN(C1CCc2ccccc21)C1CCc2ccccc21. The molecule has 0 bridgehead atoms. The highest BCUT2D eigenvalue weighted by atomic mass is 15.2. The Labute approximate surface area is 121 Å². The smallest absolute Gasteiger partial charge is 0.0357 e. The third-order valence-corrected chi connectivity index (χ3v) is 5.19. The number of aryl methyl sites for hydroxylation is 2. The summed E-state index contributed by atoms with van der Waals surface area (Å²) in [6.07, 6.45) is 5.02. The van der Waals surface area contributed by atoms with E-state index < -0.39 is 0 Å². The molecule has 2 atom stereocenters. The lowest BCUT2D eigenvalue weighted by Gasteiger charge is -2.31. The van der Waals surface area contributed by atoms with Crippen LogP contribution in [-0.4, -0.2) is 11.9 Å². The van der Waals surface area contributed by atoms with E-state index in [-0.39, 0.29) is 0 Å². The molecule has 0 spiro atoms. The first kappa shape index (κ1) is 12.2. The van der Waals surface area contributed by atoms with E-state index in [1.165, 1.54) is 25.7 Å². The van der Waals surface area contributed by atoms with E-state index in [0.717, 1.165) is 0 Å². The second-order valence-electron chi connectivity index (χ2n) is 6.17. The zero-order valence-electron chi connectivity index (χ0n) is 12.0. The molecule has 0 N–H and O–H groups in total. The fraction of sp³-hybridized carbons (Fsp3) is 0.368. The summed E-state index contributed by atoms with van der Waals surface area (Å²) in [6.45, 7) is 0. The maximum absolute atomic E-state index is 2.62. The molecular weight excluding hydrogens is 242 g/mol. The van der Waals surface area contributed by atoms with Gasteiger partial charge < -0.3 is 0 Å². The van der Waals surface area contributed by atoms with Gasteiger partial charge in [0.15, 0.2) is 0 Å². The molecule has 20 heavy (non-hydrogen) atoms. The van der Waals surface area contributed by atoms with Crippen LogP contribution in [0.3, 0.4) is 0 Å². The summed E-state index contributed by atoms with van der Waals surface area (Å²) in [7, 11) is 2.32. The highest BCUT2D eigenvalue weighted by molar-refractivity contribution is 5.37. The van der Waals surface area contributed by atoms with E-state index >= 15 is 0 Å². The lowest BCUT2D eigenvalue weighted by Crippen LogP contribution is -2.26. The van der Waals surface area contributed by atoms with E-state index in [2.05, 4.69) is 60.5 Å². The van der Waals surface area contributed by atoms with Crippen LogP contribution >= 0.6 is 0 Å². The highest BCUT2D eigenvalue weighted by Gasteiger charge is 2.33. The topological polar surface area (TPSA) is 3.24 Å². The van der Waals surface area contributed by atoms with Crippen LogP contribution in [0.2, 0.25) is 0 Å². The van der Waals surface area contributed by atoms with Gasteiger partial charge in [0.05, 0.1) is 0 Å². The van der Waals surface area contributed by atoms with E-state index in [1.54, 1.807) is 22.3 Å². The summed E-state index contributed by atoms with van der Waals surface area (Å²) in [5.41, 5.74) is 6.21. The molecule has 0 saturated heterocycles. The van der Waals surface area contributed by atoms with Gasteiger partial charge in [-0.15, -0.1) is 0 Å². The monoisotopic (exact) mass is 263 g/mol. The molecule has 0 fully saturated rings. The minimum Gasteiger partial charge on any atom is -0.292 e. The van der Waals surface area contributed by atoms with Crippen molar-refractivity contribution < 1.29 is 0 Å². The molecule has 0 amide bonds. The van der Waals surface area contributed by atoms with Crippen molar-refractivity contribution in [3.8, 4) is 0 Å². The van der Waals surface area contributed by atoms with Crippen LogP contribution in [0.1, 0.15) is 47.2 Å². The van der Waals surface area contributed by atoms with Crippen LogP contribution in [0, 0.1) is 0 Å². The van der Waals surface area contributed by atoms with Crippen molar-refractivity contribution in [2.24, 2.45) is 0 Å². The molecule has 2 aromatic rings. The van der Waals surface area contributed by atoms with Crippen LogP contribution in [0.25, 0.3) is 0 Å². The van der Waals surface area contributed by atoms with E-state index in [0.29, 0.717) is 12.1 Å². The molecular formula is C19H21N. The number of nitrogens with zero attached hydrogens (tertiary/aromatic N) is 1. The quantitative estimate of drug-likeness (QED) is 0.781. The first-order valence-electron chi connectivity index (χ1n) is 7.72. The van der Waals surface area contributed by atoms with Crippen LogP contribution in [-0.2, 0) is 12.8 Å². The first-order chi connectivity index (χ1) is 9.84.